The van der Waals surface area contributed by atoms with Crippen LogP contribution in [0.1, 0.15) is 12.0 Å². The Balaban J connectivity index is 1.43. The fraction of sp³-hybridized carbons (Fsp3) is 0.182. The van der Waals surface area contributed by atoms with Crippen LogP contribution >= 0.6 is 23.4 Å². The molecule has 0 bridgehead atoms. The van der Waals surface area contributed by atoms with Crippen LogP contribution in [0.3, 0.4) is 0 Å². The average molecular weight is 381 g/mol. The summed E-state index contributed by atoms with van der Waals surface area (Å²) in [5.41, 5.74) is 3.81. The summed E-state index contributed by atoms with van der Waals surface area (Å²) >= 11 is 8.09. The zero-order valence-corrected chi connectivity index (χ0v) is 16.1. The van der Waals surface area contributed by atoms with E-state index < -0.39 is 0 Å². The van der Waals surface area contributed by atoms with E-state index in [0.29, 0.717) is 0 Å². The Labute approximate surface area is 164 Å². The fourth-order valence-electron chi connectivity index (χ4n) is 3.23. The van der Waals surface area contributed by atoms with Gasteiger partial charge in [-0.05, 0) is 48.9 Å². The van der Waals surface area contributed by atoms with E-state index in [0.717, 1.165) is 31.1 Å². The van der Waals surface area contributed by atoms with Crippen molar-refractivity contribution in [3.63, 3.8) is 0 Å². The monoisotopic (exact) mass is 380 g/mol. The van der Waals surface area contributed by atoms with Crippen LogP contribution in [0.5, 0.6) is 0 Å². The molecule has 0 saturated heterocycles. The second kappa shape index (κ2) is 8.17. The molecule has 1 N–H and O–H groups in total. The normalized spacial score (nSPS) is 12.6. The molecule has 1 aliphatic rings. The first-order valence-electron chi connectivity index (χ1n) is 8.90. The zero-order valence-electron chi connectivity index (χ0n) is 14.5. The van der Waals surface area contributed by atoms with E-state index >= 15 is 0 Å². The van der Waals surface area contributed by atoms with Gasteiger partial charge < -0.3 is 10.2 Å². The molecular weight excluding hydrogens is 360 g/mol. The summed E-state index contributed by atoms with van der Waals surface area (Å²) in [6, 6.07) is 25.3. The number of nitrogens with one attached hydrogen (secondary N) is 1. The summed E-state index contributed by atoms with van der Waals surface area (Å²) in [6.07, 6.45) is 1.07. The third-order valence-electron chi connectivity index (χ3n) is 4.49. The van der Waals surface area contributed by atoms with Gasteiger partial charge in [0.05, 0.1) is 11.4 Å². The molecule has 2 nitrogen and oxygen atoms in total. The number of anilines is 2. The predicted octanol–water partition coefficient (Wildman–Crippen LogP) is 6.12. The van der Waals surface area contributed by atoms with Crippen LogP contribution in [-0.4, -0.2) is 13.1 Å². The van der Waals surface area contributed by atoms with Crippen LogP contribution in [0.25, 0.3) is 0 Å². The molecule has 1 heterocycles. The summed E-state index contributed by atoms with van der Waals surface area (Å²) in [6.45, 7) is 2.86. The molecule has 132 valence electrons. The lowest BCUT2D eigenvalue weighted by Gasteiger charge is -2.33. The van der Waals surface area contributed by atoms with Crippen LogP contribution in [0.4, 0.5) is 11.4 Å². The molecule has 0 unspecified atom stereocenters. The number of benzene rings is 3. The van der Waals surface area contributed by atoms with Gasteiger partial charge in [-0.15, -0.1) is 0 Å². The van der Waals surface area contributed by atoms with E-state index in [1.54, 1.807) is 0 Å². The number of hydrogen-bond donors (Lipinski definition) is 1. The van der Waals surface area contributed by atoms with E-state index in [9.17, 15) is 0 Å². The second-order valence-corrected chi connectivity index (χ2v) is 7.87. The Morgan fingerprint density at radius 3 is 2.50 bits per heavy atom. The first kappa shape index (κ1) is 17.5. The summed E-state index contributed by atoms with van der Waals surface area (Å²) in [4.78, 5) is 4.97. The maximum absolute atomic E-state index is 6.27. The molecule has 0 aliphatic carbocycles. The molecule has 0 radical (unpaired) electrons. The maximum atomic E-state index is 6.27. The van der Waals surface area contributed by atoms with Gasteiger partial charge in [-0.1, -0.05) is 65.8 Å². The number of rotatable bonds is 6. The van der Waals surface area contributed by atoms with E-state index in [1.807, 2.05) is 17.8 Å². The highest BCUT2D eigenvalue weighted by atomic mass is 35.5. The molecule has 0 fully saturated rings. The highest BCUT2D eigenvalue weighted by Crippen LogP contribution is 2.48. The largest absolute Gasteiger partial charge is 0.340 e. The van der Waals surface area contributed by atoms with Gasteiger partial charge >= 0.3 is 0 Å². The van der Waals surface area contributed by atoms with Gasteiger partial charge in [-0.25, -0.2) is 0 Å². The Kier molecular flexibility index (Phi) is 5.49. The van der Waals surface area contributed by atoms with Crippen molar-refractivity contribution in [2.45, 2.75) is 22.8 Å². The van der Waals surface area contributed by atoms with Crippen molar-refractivity contribution >= 4 is 34.7 Å². The van der Waals surface area contributed by atoms with Crippen LogP contribution in [0.2, 0.25) is 5.02 Å². The van der Waals surface area contributed by atoms with Crippen molar-refractivity contribution in [2.75, 3.05) is 18.0 Å². The van der Waals surface area contributed by atoms with E-state index in [4.69, 9.17) is 11.6 Å². The standard InChI is InChI=1S/C22H21ClN2S/c23-18-11-12-22-20(15-18)25(19-9-4-5-10-21(19)26-22)14-6-13-24-16-17-7-2-1-3-8-17/h1-5,7-12,15,24H,6,13-14,16H2. The lowest BCUT2D eigenvalue weighted by atomic mass is 10.2. The van der Waals surface area contributed by atoms with E-state index in [1.165, 1.54) is 26.7 Å². The number of halogens is 1. The maximum Gasteiger partial charge on any atom is 0.0567 e. The Morgan fingerprint density at radius 1 is 0.846 bits per heavy atom. The number of nitrogens with zero attached hydrogens (tertiary/aromatic N) is 1. The highest BCUT2D eigenvalue weighted by molar-refractivity contribution is 7.99. The number of fused-ring (bicyclic) bond motifs is 2. The number of hydrogen-bond acceptors (Lipinski definition) is 3. The van der Waals surface area contributed by atoms with Gasteiger partial charge in [0.15, 0.2) is 0 Å². The Hall–Kier alpha value is -1.94. The molecule has 0 amide bonds. The number of para-hydroxylation sites is 1. The van der Waals surface area contributed by atoms with Gasteiger partial charge in [0, 0.05) is 27.9 Å². The molecule has 4 rings (SSSR count). The van der Waals surface area contributed by atoms with E-state index in [2.05, 4.69) is 76.9 Å². The van der Waals surface area contributed by atoms with Gasteiger partial charge in [-0.2, -0.15) is 0 Å². The molecule has 3 aromatic rings. The summed E-state index contributed by atoms with van der Waals surface area (Å²) < 4.78 is 0. The van der Waals surface area contributed by atoms with Crippen molar-refractivity contribution in [1.29, 1.82) is 0 Å². The topological polar surface area (TPSA) is 15.3 Å². The average Bonchev–Trinajstić information content (AvgIpc) is 2.68. The third-order valence-corrected chi connectivity index (χ3v) is 5.86. The first-order valence-corrected chi connectivity index (χ1v) is 10.1. The van der Waals surface area contributed by atoms with Crippen molar-refractivity contribution in [1.82, 2.24) is 5.32 Å². The quantitative estimate of drug-likeness (QED) is 0.518. The third kappa shape index (κ3) is 3.90. The van der Waals surface area contributed by atoms with Crippen LogP contribution in [-0.2, 0) is 6.54 Å². The Morgan fingerprint density at radius 2 is 1.62 bits per heavy atom. The first-order chi connectivity index (χ1) is 12.8. The molecule has 0 spiro atoms. The summed E-state index contributed by atoms with van der Waals surface area (Å²) in [7, 11) is 0. The fourth-order valence-corrected chi connectivity index (χ4v) is 4.48. The summed E-state index contributed by atoms with van der Waals surface area (Å²) in [5, 5.41) is 4.33. The second-order valence-electron chi connectivity index (χ2n) is 6.35. The molecule has 0 saturated carbocycles. The minimum absolute atomic E-state index is 0.788. The van der Waals surface area contributed by atoms with Crippen molar-refractivity contribution in [2.24, 2.45) is 0 Å². The molecule has 0 atom stereocenters. The van der Waals surface area contributed by atoms with E-state index in [-0.39, 0.29) is 0 Å². The van der Waals surface area contributed by atoms with Crippen molar-refractivity contribution < 1.29 is 0 Å². The summed E-state index contributed by atoms with van der Waals surface area (Å²) in [5.74, 6) is 0. The van der Waals surface area contributed by atoms with Gasteiger partial charge in [0.1, 0.15) is 0 Å². The van der Waals surface area contributed by atoms with Gasteiger partial charge in [-0.3, -0.25) is 0 Å². The van der Waals surface area contributed by atoms with Crippen molar-refractivity contribution in [3.8, 4) is 0 Å². The van der Waals surface area contributed by atoms with Crippen molar-refractivity contribution in [3.05, 3.63) is 83.4 Å². The molecule has 1 aliphatic heterocycles. The van der Waals surface area contributed by atoms with Crippen LogP contribution in [0.15, 0.2) is 82.6 Å². The van der Waals surface area contributed by atoms with Crippen LogP contribution in [0, 0.1) is 0 Å². The highest BCUT2D eigenvalue weighted by Gasteiger charge is 2.22. The van der Waals surface area contributed by atoms with Crippen LogP contribution < -0.4 is 10.2 Å². The molecule has 0 aromatic heterocycles. The SMILES string of the molecule is Clc1ccc2c(c1)N(CCCNCc1ccccc1)c1ccccc1S2. The van der Waals surface area contributed by atoms with Gasteiger partial charge in [0.25, 0.3) is 0 Å². The predicted molar refractivity (Wildman–Crippen MR) is 112 cm³/mol. The molecular formula is C22H21ClN2S. The lowest BCUT2D eigenvalue weighted by molar-refractivity contribution is 0.649. The molecule has 3 aromatic carbocycles. The van der Waals surface area contributed by atoms with Gasteiger partial charge in [0.2, 0.25) is 0 Å². The minimum atomic E-state index is 0.788. The zero-order chi connectivity index (χ0) is 17.8. The molecule has 4 heteroatoms. The minimum Gasteiger partial charge on any atom is -0.340 e. The molecule has 26 heavy (non-hydrogen) atoms. The smallest absolute Gasteiger partial charge is 0.0567 e. The lowest BCUT2D eigenvalue weighted by Crippen LogP contribution is -2.25. The Bertz CT molecular complexity index is 882.